The van der Waals surface area contributed by atoms with Gasteiger partial charge in [0, 0.05) is 18.8 Å². The summed E-state index contributed by atoms with van der Waals surface area (Å²) in [6.07, 6.45) is 1.86. The van der Waals surface area contributed by atoms with Crippen LogP contribution in [0.5, 0.6) is 0 Å². The zero-order valence-corrected chi connectivity index (χ0v) is 12.2. The lowest BCUT2D eigenvalue weighted by Gasteiger charge is -2.33. The SMILES string of the molecule is CC(C)(C)OCC(O)CN1CCCc2ccccc21. The highest BCUT2D eigenvalue weighted by molar-refractivity contribution is 5.55. The third kappa shape index (κ3) is 4.22. The predicted molar refractivity (Wildman–Crippen MR) is 78.7 cm³/mol. The molecule has 1 unspecified atom stereocenters. The molecule has 1 aromatic rings. The topological polar surface area (TPSA) is 32.7 Å². The Bertz CT molecular complexity index is 411. The number of nitrogens with zero attached hydrogens (tertiary/aromatic N) is 1. The fourth-order valence-electron chi connectivity index (χ4n) is 2.45. The van der Waals surface area contributed by atoms with E-state index in [2.05, 4.69) is 29.2 Å². The zero-order valence-electron chi connectivity index (χ0n) is 12.2. The van der Waals surface area contributed by atoms with Crippen molar-refractivity contribution in [2.45, 2.75) is 45.3 Å². The maximum absolute atomic E-state index is 10.1. The molecule has 2 rings (SSSR count). The van der Waals surface area contributed by atoms with Gasteiger partial charge in [0.05, 0.1) is 18.3 Å². The molecule has 1 atom stereocenters. The Balaban J connectivity index is 1.93. The molecule has 1 aliphatic rings. The second kappa shape index (κ2) is 5.93. The molecule has 0 fully saturated rings. The van der Waals surface area contributed by atoms with E-state index in [-0.39, 0.29) is 5.60 Å². The fraction of sp³-hybridized carbons (Fsp3) is 0.625. The van der Waals surface area contributed by atoms with Gasteiger partial charge < -0.3 is 14.7 Å². The Hall–Kier alpha value is -1.06. The molecule has 0 radical (unpaired) electrons. The predicted octanol–water partition coefficient (Wildman–Crippen LogP) is 2.62. The molecule has 0 aromatic heterocycles. The van der Waals surface area contributed by atoms with Crippen molar-refractivity contribution < 1.29 is 9.84 Å². The van der Waals surface area contributed by atoms with Crippen molar-refractivity contribution in [2.24, 2.45) is 0 Å². The summed E-state index contributed by atoms with van der Waals surface area (Å²) in [6.45, 7) is 8.08. The Morgan fingerprint density at radius 1 is 1.32 bits per heavy atom. The Kier molecular flexibility index (Phi) is 4.48. The summed E-state index contributed by atoms with van der Waals surface area (Å²) in [6, 6.07) is 8.47. The molecule has 0 bridgehead atoms. The van der Waals surface area contributed by atoms with Crippen LogP contribution in [0.1, 0.15) is 32.8 Å². The molecule has 0 saturated carbocycles. The second-order valence-corrected chi connectivity index (χ2v) is 6.26. The molecule has 1 N–H and O–H groups in total. The van der Waals surface area contributed by atoms with Crippen LogP contribution in [0.4, 0.5) is 5.69 Å². The van der Waals surface area contributed by atoms with Gasteiger partial charge in [0.2, 0.25) is 0 Å². The van der Waals surface area contributed by atoms with Crippen LogP contribution in [0.2, 0.25) is 0 Å². The van der Waals surface area contributed by atoms with Crippen LogP contribution in [0.3, 0.4) is 0 Å². The Morgan fingerprint density at radius 2 is 2.05 bits per heavy atom. The minimum absolute atomic E-state index is 0.194. The third-order valence-corrected chi connectivity index (χ3v) is 3.35. The summed E-state index contributed by atoms with van der Waals surface area (Å²) in [7, 11) is 0. The van der Waals surface area contributed by atoms with Gasteiger partial charge in [0.25, 0.3) is 0 Å². The molecule has 106 valence electrons. The summed E-state index contributed by atoms with van der Waals surface area (Å²) < 4.78 is 5.64. The van der Waals surface area contributed by atoms with Crippen LogP contribution in [0.25, 0.3) is 0 Å². The van der Waals surface area contributed by atoms with E-state index in [1.807, 2.05) is 20.8 Å². The van der Waals surface area contributed by atoms with Crippen LogP contribution in [0.15, 0.2) is 24.3 Å². The quantitative estimate of drug-likeness (QED) is 0.906. The van der Waals surface area contributed by atoms with Crippen molar-refractivity contribution >= 4 is 5.69 Å². The molecular weight excluding hydrogens is 238 g/mol. The first-order chi connectivity index (χ1) is 8.96. The summed E-state index contributed by atoms with van der Waals surface area (Å²) in [5.41, 5.74) is 2.46. The Labute approximate surface area is 116 Å². The van der Waals surface area contributed by atoms with Crippen molar-refractivity contribution in [3.63, 3.8) is 0 Å². The number of benzene rings is 1. The summed E-state index contributed by atoms with van der Waals surface area (Å²) in [4.78, 5) is 2.27. The first-order valence-electron chi connectivity index (χ1n) is 7.10. The summed E-state index contributed by atoms with van der Waals surface area (Å²) in [5, 5.41) is 10.1. The number of aliphatic hydroxyl groups excluding tert-OH is 1. The van der Waals surface area contributed by atoms with Crippen LogP contribution in [0, 0.1) is 0 Å². The van der Waals surface area contributed by atoms with Crippen LogP contribution < -0.4 is 4.90 Å². The standard InChI is InChI=1S/C16H25NO2/c1-16(2,3)19-12-14(18)11-17-10-6-8-13-7-4-5-9-15(13)17/h4-5,7,9,14,18H,6,8,10-12H2,1-3H3. The van der Waals surface area contributed by atoms with Crippen molar-refractivity contribution in [1.29, 1.82) is 0 Å². The maximum Gasteiger partial charge on any atom is 0.0948 e. The number of ether oxygens (including phenoxy) is 1. The molecule has 3 nitrogen and oxygen atoms in total. The number of aliphatic hydroxyl groups is 1. The number of β-amino-alcohol motifs (C(OH)–C–C–N with tert-alkyl or cyclic N) is 1. The molecular formula is C16H25NO2. The molecule has 0 aliphatic carbocycles. The van der Waals surface area contributed by atoms with Crippen molar-refractivity contribution in [1.82, 2.24) is 0 Å². The van der Waals surface area contributed by atoms with Crippen LogP contribution in [-0.4, -0.2) is 36.5 Å². The van der Waals surface area contributed by atoms with Crippen LogP contribution in [-0.2, 0) is 11.2 Å². The highest BCUT2D eigenvalue weighted by Crippen LogP contribution is 2.26. The Morgan fingerprint density at radius 3 is 2.79 bits per heavy atom. The van der Waals surface area contributed by atoms with Gasteiger partial charge >= 0.3 is 0 Å². The van der Waals surface area contributed by atoms with Crippen molar-refractivity contribution in [3.8, 4) is 0 Å². The fourth-order valence-corrected chi connectivity index (χ4v) is 2.45. The zero-order chi connectivity index (χ0) is 13.9. The minimum atomic E-state index is -0.439. The smallest absolute Gasteiger partial charge is 0.0948 e. The van der Waals surface area contributed by atoms with Gasteiger partial charge in [-0.05, 0) is 45.2 Å². The largest absolute Gasteiger partial charge is 0.389 e. The number of hydrogen-bond acceptors (Lipinski definition) is 3. The van der Waals surface area contributed by atoms with Crippen molar-refractivity contribution in [3.05, 3.63) is 29.8 Å². The molecule has 0 amide bonds. The second-order valence-electron chi connectivity index (χ2n) is 6.26. The molecule has 0 saturated heterocycles. The molecule has 19 heavy (non-hydrogen) atoms. The highest BCUT2D eigenvalue weighted by atomic mass is 16.5. The van der Waals surface area contributed by atoms with Gasteiger partial charge in [-0.25, -0.2) is 0 Å². The van der Waals surface area contributed by atoms with E-state index in [1.54, 1.807) is 0 Å². The van der Waals surface area contributed by atoms with E-state index in [9.17, 15) is 5.11 Å². The lowest BCUT2D eigenvalue weighted by molar-refractivity contribution is -0.0464. The highest BCUT2D eigenvalue weighted by Gasteiger charge is 2.20. The van der Waals surface area contributed by atoms with E-state index in [0.717, 1.165) is 19.4 Å². The van der Waals surface area contributed by atoms with Gasteiger partial charge in [-0.15, -0.1) is 0 Å². The van der Waals surface area contributed by atoms with Crippen LogP contribution >= 0.6 is 0 Å². The lowest BCUT2D eigenvalue weighted by Crippen LogP contribution is -2.39. The number of para-hydroxylation sites is 1. The van der Waals surface area contributed by atoms with Gasteiger partial charge in [0.1, 0.15) is 0 Å². The first kappa shape index (κ1) is 14.4. The van der Waals surface area contributed by atoms with Gasteiger partial charge in [-0.3, -0.25) is 0 Å². The van der Waals surface area contributed by atoms with E-state index in [1.165, 1.54) is 11.3 Å². The van der Waals surface area contributed by atoms with E-state index >= 15 is 0 Å². The maximum atomic E-state index is 10.1. The van der Waals surface area contributed by atoms with E-state index in [0.29, 0.717) is 13.2 Å². The van der Waals surface area contributed by atoms with Gasteiger partial charge in [-0.1, -0.05) is 18.2 Å². The molecule has 3 heteroatoms. The molecule has 1 heterocycles. The monoisotopic (exact) mass is 263 g/mol. The molecule has 0 spiro atoms. The number of fused-ring (bicyclic) bond motifs is 1. The number of rotatable bonds is 4. The summed E-state index contributed by atoms with van der Waals surface area (Å²) in [5.74, 6) is 0. The average Bonchev–Trinajstić information content (AvgIpc) is 2.36. The molecule has 1 aromatic carbocycles. The van der Waals surface area contributed by atoms with Crippen molar-refractivity contribution in [2.75, 3.05) is 24.6 Å². The third-order valence-electron chi connectivity index (χ3n) is 3.35. The molecule has 1 aliphatic heterocycles. The lowest BCUT2D eigenvalue weighted by atomic mass is 10.0. The summed E-state index contributed by atoms with van der Waals surface area (Å²) >= 11 is 0. The van der Waals surface area contributed by atoms with Gasteiger partial charge in [0.15, 0.2) is 0 Å². The average molecular weight is 263 g/mol. The number of hydrogen-bond donors (Lipinski definition) is 1. The number of anilines is 1. The first-order valence-corrected chi connectivity index (χ1v) is 7.10. The number of aryl methyl sites for hydroxylation is 1. The van der Waals surface area contributed by atoms with Gasteiger partial charge in [-0.2, -0.15) is 0 Å². The minimum Gasteiger partial charge on any atom is -0.389 e. The van der Waals surface area contributed by atoms with E-state index < -0.39 is 6.10 Å². The normalized spacial score (nSPS) is 17.2. The van der Waals surface area contributed by atoms with E-state index in [4.69, 9.17) is 4.74 Å².